The molecule has 90 valence electrons. The molecular weight excluding hydrogens is 221 g/mol. The normalized spacial score (nSPS) is 14.8. The Morgan fingerprint density at radius 1 is 1.31 bits per heavy atom. The molecule has 16 heavy (non-hydrogen) atoms. The zero-order chi connectivity index (χ0) is 12.0. The van der Waals surface area contributed by atoms with Crippen molar-refractivity contribution in [3.63, 3.8) is 0 Å². The first-order valence-corrected chi connectivity index (χ1v) is 6.66. The lowest BCUT2D eigenvalue weighted by molar-refractivity contribution is 0.536. The highest BCUT2D eigenvalue weighted by Gasteiger charge is 2.08. The summed E-state index contributed by atoms with van der Waals surface area (Å²) in [6, 6.07) is 7.47. The lowest BCUT2D eigenvalue weighted by atomic mass is 10.2. The van der Waals surface area contributed by atoms with Crippen LogP contribution in [0.5, 0.6) is 0 Å². The Morgan fingerprint density at radius 3 is 2.62 bits per heavy atom. The number of hydrogen-bond acceptors (Lipinski definition) is 2. The van der Waals surface area contributed by atoms with Gasteiger partial charge in [-0.05, 0) is 25.5 Å². The molecule has 1 N–H and O–H groups in total. The van der Waals surface area contributed by atoms with E-state index in [0.29, 0.717) is 11.3 Å². The number of halogens is 1. The van der Waals surface area contributed by atoms with Crippen molar-refractivity contribution in [3.8, 4) is 0 Å². The predicted octanol–water partition coefficient (Wildman–Crippen LogP) is 3.69. The van der Waals surface area contributed by atoms with Gasteiger partial charge in [0.1, 0.15) is 5.82 Å². The van der Waals surface area contributed by atoms with Crippen molar-refractivity contribution in [3.05, 3.63) is 30.1 Å². The van der Waals surface area contributed by atoms with Crippen LogP contribution in [0.3, 0.4) is 0 Å². The number of rotatable bonds is 6. The predicted molar refractivity (Wildman–Crippen MR) is 69.5 cm³/mol. The smallest absolute Gasteiger partial charge is 0.136 e. The lowest BCUT2D eigenvalue weighted by Crippen LogP contribution is -2.30. The minimum absolute atomic E-state index is 0.122. The third-order valence-corrected chi connectivity index (χ3v) is 3.69. The van der Waals surface area contributed by atoms with E-state index in [9.17, 15) is 4.39 Å². The Hall–Kier alpha value is -0.540. The molecule has 1 aromatic carbocycles. The summed E-state index contributed by atoms with van der Waals surface area (Å²) in [5, 5.41) is 3.81. The van der Waals surface area contributed by atoms with Crippen LogP contribution in [0.15, 0.2) is 29.2 Å². The van der Waals surface area contributed by atoms with Crippen molar-refractivity contribution >= 4 is 11.8 Å². The molecule has 0 fully saturated rings. The maximum Gasteiger partial charge on any atom is 0.136 e. The molecule has 0 radical (unpaired) electrons. The van der Waals surface area contributed by atoms with Gasteiger partial charge in [-0.25, -0.2) is 4.39 Å². The van der Waals surface area contributed by atoms with Gasteiger partial charge < -0.3 is 5.32 Å². The van der Waals surface area contributed by atoms with Crippen LogP contribution in [-0.4, -0.2) is 17.8 Å². The van der Waals surface area contributed by atoms with E-state index in [4.69, 9.17) is 0 Å². The fraction of sp³-hybridized carbons (Fsp3) is 0.538. The summed E-state index contributed by atoms with van der Waals surface area (Å²) in [6.45, 7) is 7.35. The molecule has 1 rings (SSSR count). The quantitative estimate of drug-likeness (QED) is 0.762. The summed E-state index contributed by atoms with van der Waals surface area (Å²) in [6.07, 6.45) is 1.12. The highest BCUT2D eigenvalue weighted by molar-refractivity contribution is 8.00. The largest absolute Gasteiger partial charge is 0.313 e. The average molecular weight is 241 g/mol. The van der Waals surface area contributed by atoms with Gasteiger partial charge >= 0.3 is 0 Å². The minimum atomic E-state index is -0.122. The van der Waals surface area contributed by atoms with E-state index in [1.165, 1.54) is 6.07 Å². The van der Waals surface area contributed by atoms with E-state index in [0.717, 1.165) is 17.9 Å². The van der Waals surface area contributed by atoms with Gasteiger partial charge in [0.2, 0.25) is 0 Å². The van der Waals surface area contributed by atoms with Gasteiger partial charge in [-0.1, -0.05) is 26.0 Å². The van der Waals surface area contributed by atoms with Gasteiger partial charge in [-0.3, -0.25) is 0 Å². The van der Waals surface area contributed by atoms with Gasteiger partial charge in [-0.15, -0.1) is 11.8 Å². The standard InChI is InChI=1S/C13H20FNS/c1-4-10(2)15-9-11(3)16-13-8-6-5-7-12(13)14/h5-8,10-11,15H,4,9H2,1-3H3. The second-order valence-corrected chi connectivity index (χ2v) is 5.56. The van der Waals surface area contributed by atoms with E-state index in [1.807, 2.05) is 12.1 Å². The first-order valence-electron chi connectivity index (χ1n) is 5.78. The topological polar surface area (TPSA) is 12.0 Å². The summed E-state index contributed by atoms with van der Waals surface area (Å²) in [7, 11) is 0. The molecule has 0 aliphatic carbocycles. The van der Waals surface area contributed by atoms with E-state index in [-0.39, 0.29) is 5.82 Å². The monoisotopic (exact) mass is 241 g/mol. The molecule has 2 atom stereocenters. The van der Waals surface area contributed by atoms with E-state index >= 15 is 0 Å². The van der Waals surface area contributed by atoms with Gasteiger partial charge in [0.15, 0.2) is 0 Å². The molecular formula is C13H20FNS. The van der Waals surface area contributed by atoms with E-state index in [2.05, 4.69) is 26.1 Å². The third-order valence-electron chi connectivity index (χ3n) is 2.53. The molecule has 1 aromatic rings. The van der Waals surface area contributed by atoms with Crippen LogP contribution in [0.1, 0.15) is 27.2 Å². The number of nitrogens with one attached hydrogen (secondary N) is 1. The zero-order valence-electron chi connectivity index (χ0n) is 10.2. The Kier molecular flexibility index (Phi) is 5.85. The van der Waals surface area contributed by atoms with Crippen molar-refractivity contribution in [2.75, 3.05) is 6.54 Å². The first kappa shape index (κ1) is 13.5. The van der Waals surface area contributed by atoms with Gasteiger partial charge in [0.25, 0.3) is 0 Å². The van der Waals surface area contributed by atoms with Crippen LogP contribution in [0.25, 0.3) is 0 Å². The molecule has 2 unspecified atom stereocenters. The third kappa shape index (κ3) is 4.54. The van der Waals surface area contributed by atoms with Crippen LogP contribution >= 0.6 is 11.8 Å². The van der Waals surface area contributed by atoms with Gasteiger partial charge in [0.05, 0.1) is 0 Å². The fourth-order valence-corrected chi connectivity index (χ4v) is 2.26. The van der Waals surface area contributed by atoms with Crippen molar-refractivity contribution in [1.29, 1.82) is 0 Å². The second-order valence-electron chi connectivity index (χ2n) is 4.08. The van der Waals surface area contributed by atoms with Gasteiger partial charge in [0, 0.05) is 22.7 Å². The van der Waals surface area contributed by atoms with Gasteiger partial charge in [-0.2, -0.15) is 0 Å². The number of hydrogen-bond donors (Lipinski definition) is 1. The van der Waals surface area contributed by atoms with Crippen LogP contribution in [-0.2, 0) is 0 Å². The summed E-state index contributed by atoms with van der Waals surface area (Å²) in [5.41, 5.74) is 0. The minimum Gasteiger partial charge on any atom is -0.313 e. The van der Waals surface area contributed by atoms with Crippen molar-refractivity contribution in [1.82, 2.24) is 5.32 Å². The summed E-state index contributed by atoms with van der Waals surface area (Å²) in [4.78, 5) is 0.737. The first-order chi connectivity index (χ1) is 7.63. The molecule has 1 nitrogen and oxygen atoms in total. The summed E-state index contributed by atoms with van der Waals surface area (Å²) >= 11 is 1.59. The molecule has 0 aromatic heterocycles. The van der Waals surface area contributed by atoms with E-state index in [1.54, 1.807) is 17.8 Å². The summed E-state index contributed by atoms with van der Waals surface area (Å²) < 4.78 is 13.4. The Bertz CT molecular complexity index is 317. The lowest BCUT2D eigenvalue weighted by Gasteiger charge is -2.16. The van der Waals surface area contributed by atoms with Crippen molar-refractivity contribution in [2.45, 2.75) is 43.4 Å². The molecule has 0 saturated heterocycles. The molecule has 0 saturated carbocycles. The van der Waals surface area contributed by atoms with Crippen molar-refractivity contribution in [2.24, 2.45) is 0 Å². The Labute approximate surface area is 102 Å². The highest BCUT2D eigenvalue weighted by atomic mass is 32.2. The van der Waals surface area contributed by atoms with Crippen LogP contribution in [0.4, 0.5) is 4.39 Å². The molecule has 0 heterocycles. The Morgan fingerprint density at radius 2 is 2.00 bits per heavy atom. The zero-order valence-corrected chi connectivity index (χ0v) is 11.0. The number of benzene rings is 1. The van der Waals surface area contributed by atoms with Crippen LogP contribution in [0, 0.1) is 5.82 Å². The fourth-order valence-electron chi connectivity index (χ4n) is 1.31. The molecule has 0 spiro atoms. The van der Waals surface area contributed by atoms with Crippen molar-refractivity contribution < 1.29 is 4.39 Å². The molecule has 3 heteroatoms. The Balaban J connectivity index is 2.40. The molecule has 0 aliphatic rings. The molecule has 0 aliphatic heterocycles. The average Bonchev–Trinajstić information content (AvgIpc) is 2.29. The summed E-state index contributed by atoms with van der Waals surface area (Å²) in [5.74, 6) is -0.122. The molecule has 0 bridgehead atoms. The van der Waals surface area contributed by atoms with Crippen LogP contribution < -0.4 is 5.32 Å². The van der Waals surface area contributed by atoms with E-state index < -0.39 is 0 Å². The maximum atomic E-state index is 13.4. The maximum absolute atomic E-state index is 13.4. The number of thioether (sulfide) groups is 1. The SMILES string of the molecule is CCC(C)NCC(C)Sc1ccccc1F. The molecule has 0 amide bonds. The van der Waals surface area contributed by atoms with Crippen LogP contribution in [0.2, 0.25) is 0 Å². The highest BCUT2D eigenvalue weighted by Crippen LogP contribution is 2.25. The second kappa shape index (κ2) is 6.92.